The fraction of sp³-hybridized carbons (Fsp3) is 0.235. The summed E-state index contributed by atoms with van der Waals surface area (Å²) in [6.45, 7) is 5.95. The standard InChI is InChI=1S/C17H17BrO2/c1-11-4-5-12(2)15(8-11)16(19)10-20-17-7-6-14(18)9-13(17)3/h4-9H,10H2,1-3H3. The average Bonchev–Trinajstić information content (AvgIpc) is 2.40. The minimum atomic E-state index is 0.00789. The number of benzene rings is 2. The van der Waals surface area contributed by atoms with E-state index in [1.165, 1.54) is 0 Å². The van der Waals surface area contributed by atoms with Gasteiger partial charge in [-0.15, -0.1) is 0 Å². The van der Waals surface area contributed by atoms with Gasteiger partial charge in [0.15, 0.2) is 12.4 Å². The number of carbonyl (C=O) groups is 1. The number of hydrogen-bond acceptors (Lipinski definition) is 2. The van der Waals surface area contributed by atoms with Crippen molar-refractivity contribution in [2.24, 2.45) is 0 Å². The lowest BCUT2D eigenvalue weighted by molar-refractivity contribution is 0.0920. The largest absolute Gasteiger partial charge is 0.485 e. The Morgan fingerprint density at radius 3 is 2.50 bits per heavy atom. The van der Waals surface area contributed by atoms with Crippen molar-refractivity contribution in [1.29, 1.82) is 0 Å². The van der Waals surface area contributed by atoms with E-state index in [4.69, 9.17) is 4.74 Å². The Labute approximate surface area is 127 Å². The molecule has 2 aromatic carbocycles. The first-order valence-electron chi connectivity index (χ1n) is 6.47. The zero-order valence-electron chi connectivity index (χ0n) is 11.9. The van der Waals surface area contributed by atoms with Crippen LogP contribution in [0.4, 0.5) is 0 Å². The summed E-state index contributed by atoms with van der Waals surface area (Å²) in [6.07, 6.45) is 0. The Morgan fingerprint density at radius 2 is 1.80 bits per heavy atom. The van der Waals surface area contributed by atoms with Crippen LogP contribution < -0.4 is 4.74 Å². The second kappa shape index (κ2) is 6.23. The van der Waals surface area contributed by atoms with E-state index >= 15 is 0 Å². The molecule has 0 amide bonds. The highest BCUT2D eigenvalue weighted by Gasteiger charge is 2.11. The number of ketones is 1. The first-order chi connectivity index (χ1) is 9.47. The minimum absolute atomic E-state index is 0.00789. The van der Waals surface area contributed by atoms with Crippen LogP contribution in [0.2, 0.25) is 0 Å². The predicted octanol–water partition coefficient (Wildman–Crippen LogP) is 4.64. The van der Waals surface area contributed by atoms with E-state index in [0.717, 1.165) is 32.5 Å². The molecule has 0 spiro atoms. The third kappa shape index (κ3) is 3.48. The van der Waals surface area contributed by atoms with Crippen LogP contribution in [0, 0.1) is 20.8 Å². The predicted molar refractivity (Wildman–Crippen MR) is 84.6 cm³/mol. The van der Waals surface area contributed by atoms with Gasteiger partial charge >= 0.3 is 0 Å². The molecule has 0 fully saturated rings. The monoisotopic (exact) mass is 332 g/mol. The molecule has 0 radical (unpaired) electrons. The maximum atomic E-state index is 12.2. The van der Waals surface area contributed by atoms with Gasteiger partial charge in [-0.2, -0.15) is 0 Å². The summed E-state index contributed by atoms with van der Waals surface area (Å²) in [4.78, 5) is 12.2. The molecule has 104 valence electrons. The third-order valence-corrected chi connectivity index (χ3v) is 3.68. The van der Waals surface area contributed by atoms with Crippen molar-refractivity contribution in [2.45, 2.75) is 20.8 Å². The number of rotatable bonds is 4. The molecule has 0 saturated carbocycles. The maximum absolute atomic E-state index is 12.2. The summed E-state index contributed by atoms with van der Waals surface area (Å²) in [5.74, 6) is 0.750. The van der Waals surface area contributed by atoms with Gasteiger partial charge in [-0.25, -0.2) is 0 Å². The highest BCUT2D eigenvalue weighted by atomic mass is 79.9. The second-order valence-electron chi connectivity index (χ2n) is 4.94. The molecule has 0 atom stereocenters. The molecular weight excluding hydrogens is 316 g/mol. The Kier molecular flexibility index (Phi) is 4.61. The van der Waals surface area contributed by atoms with Crippen LogP contribution in [-0.2, 0) is 0 Å². The van der Waals surface area contributed by atoms with E-state index < -0.39 is 0 Å². The Balaban J connectivity index is 2.10. The van der Waals surface area contributed by atoms with Gasteiger partial charge in [0, 0.05) is 10.0 Å². The molecule has 0 N–H and O–H groups in total. The second-order valence-corrected chi connectivity index (χ2v) is 5.86. The molecule has 3 heteroatoms. The highest BCUT2D eigenvalue weighted by molar-refractivity contribution is 9.10. The number of carbonyl (C=O) groups excluding carboxylic acids is 1. The third-order valence-electron chi connectivity index (χ3n) is 3.19. The van der Waals surface area contributed by atoms with Crippen molar-refractivity contribution in [2.75, 3.05) is 6.61 Å². The molecule has 2 rings (SSSR count). The van der Waals surface area contributed by atoms with Crippen LogP contribution in [0.5, 0.6) is 5.75 Å². The molecule has 0 aliphatic rings. The lowest BCUT2D eigenvalue weighted by atomic mass is 10.0. The highest BCUT2D eigenvalue weighted by Crippen LogP contribution is 2.22. The van der Waals surface area contributed by atoms with E-state index in [1.54, 1.807) is 0 Å². The molecule has 0 aromatic heterocycles. The smallest absolute Gasteiger partial charge is 0.200 e. The number of ether oxygens (including phenoxy) is 1. The topological polar surface area (TPSA) is 26.3 Å². The van der Waals surface area contributed by atoms with E-state index in [-0.39, 0.29) is 12.4 Å². The maximum Gasteiger partial charge on any atom is 0.200 e. The zero-order valence-corrected chi connectivity index (χ0v) is 13.5. The van der Waals surface area contributed by atoms with Crippen LogP contribution >= 0.6 is 15.9 Å². The quantitative estimate of drug-likeness (QED) is 0.762. The van der Waals surface area contributed by atoms with Crippen LogP contribution in [0.25, 0.3) is 0 Å². The Morgan fingerprint density at radius 1 is 1.05 bits per heavy atom. The molecule has 0 saturated heterocycles. The SMILES string of the molecule is Cc1ccc(C)c(C(=O)COc2ccc(Br)cc2C)c1. The van der Waals surface area contributed by atoms with Gasteiger partial charge in [0.25, 0.3) is 0 Å². The number of halogens is 1. The minimum Gasteiger partial charge on any atom is -0.485 e. The number of aryl methyl sites for hydroxylation is 3. The summed E-state index contributed by atoms with van der Waals surface area (Å²) in [7, 11) is 0. The van der Waals surface area contributed by atoms with Gasteiger partial charge in [0.05, 0.1) is 0 Å². The summed E-state index contributed by atoms with van der Waals surface area (Å²) < 4.78 is 6.64. The molecule has 0 aliphatic carbocycles. The van der Waals surface area contributed by atoms with E-state index in [9.17, 15) is 4.79 Å². The van der Waals surface area contributed by atoms with Gasteiger partial charge in [0.1, 0.15) is 5.75 Å². The number of Topliss-reactive ketones (excluding diaryl/α,β-unsaturated/α-hetero) is 1. The van der Waals surface area contributed by atoms with E-state index in [0.29, 0.717) is 0 Å². The molecule has 0 heterocycles. The van der Waals surface area contributed by atoms with Crippen LogP contribution in [0.15, 0.2) is 40.9 Å². The fourth-order valence-electron chi connectivity index (χ4n) is 2.03. The van der Waals surface area contributed by atoms with Crippen LogP contribution in [0.1, 0.15) is 27.0 Å². The van der Waals surface area contributed by atoms with E-state index in [2.05, 4.69) is 15.9 Å². The van der Waals surface area contributed by atoms with Crippen molar-refractivity contribution in [3.63, 3.8) is 0 Å². The van der Waals surface area contributed by atoms with Crippen LogP contribution in [-0.4, -0.2) is 12.4 Å². The van der Waals surface area contributed by atoms with Gasteiger partial charge in [-0.3, -0.25) is 4.79 Å². The summed E-state index contributed by atoms with van der Waals surface area (Å²) in [5.41, 5.74) is 3.81. The lowest BCUT2D eigenvalue weighted by Gasteiger charge is -2.10. The van der Waals surface area contributed by atoms with E-state index in [1.807, 2.05) is 57.2 Å². The fourth-order valence-corrected chi connectivity index (χ4v) is 2.51. The van der Waals surface area contributed by atoms with Gasteiger partial charge in [-0.05, 0) is 56.2 Å². The normalized spacial score (nSPS) is 10.4. The van der Waals surface area contributed by atoms with Crippen molar-refractivity contribution < 1.29 is 9.53 Å². The molecule has 2 nitrogen and oxygen atoms in total. The van der Waals surface area contributed by atoms with Crippen LogP contribution in [0.3, 0.4) is 0 Å². The molecule has 20 heavy (non-hydrogen) atoms. The van der Waals surface area contributed by atoms with Gasteiger partial charge < -0.3 is 4.74 Å². The van der Waals surface area contributed by atoms with Crippen molar-refractivity contribution in [3.8, 4) is 5.75 Å². The molecule has 0 unspecified atom stereocenters. The first kappa shape index (κ1) is 14.8. The van der Waals surface area contributed by atoms with Crippen molar-refractivity contribution in [3.05, 3.63) is 63.1 Å². The Bertz CT molecular complexity index is 647. The summed E-state index contributed by atoms with van der Waals surface area (Å²) in [5, 5.41) is 0. The van der Waals surface area contributed by atoms with Gasteiger partial charge in [0.2, 0.25) is 0 Å². The lowest BCUT2D eigenvalue weighted by Crippen LogP contribution is -2.13. The summed E-state index contributed by atoms with van der Waals surface area (Å²) >= 11 is 3.41. The van der Waals surface area contributed by atoms with Crippen molar-refractivity contribution >= 4 is 21.7 Å². The van der Waals surface area contributed by atoms with Crippen molar-refractivity contribution in [1.82, 2.24) is 0 Å². The summed E-state index contributed by atoms with van der Waals surface area (Å²) in [6, 6.07) is 11.6. The Hall–Kier alpha value is -1.61. The molecule has 2 aromatic rings. The molecule has 0 bridgehead atoms. The zero-order chi connectivity index (χ0) is 14.7. The molecular formula is C17H17BrO2. The molecule has 0 aliphatic heterocycles. The first-order valence-corrected chi connectivity index (χ1v) is 7.26. The van der Waals surface area contributed by atoms with Gasteiger partial charge in [-0.1, -0.05) is 33.6 Å². The number of hydrogen-bond donors (Lipinski definition) is 0. The average molecular weight is 333 g/mol.